The minimum absolute atomic E-state index is 0.0538. The first-order valence-corrected chi connectivity index (χ1v) is 7.98. The number of thioether (sulfide) groups is 1. The lowest BCUT2D eigenvalue weighted by Gasteiger charge is -2.05. The van der Waals surface area contributed by atoms with Crippen LogP contribution < -0.4 is 10.1 Å². The van der Waals surface area contributed by atoms with Crippen LogP contribution >= 0.6 is 11.8 Å². The van der Waals surface area contributed by atoms with Crippen LogP contribution in [-0.2, 0) is 4.79 Å². The maximum atomic E-state index is 12.8. The molecule has 0 spiro atoms. The van der Waals surface area contributed by atoms with Gasteiger partial charge in [0.05, 0.1) is 7.11 Å². The number of hydrogen-bond donors (Lipinski definition) is 1. The maximum Gasteiger partial charge on any atom is 0.224 e. The molecule has 0 atom stereocenters. The molecule has 0 aliphatic carbocycles. The summed E-state index contributed by atoms with van der Waals surface area (Å²) in [5, 5.41) is 2.75. The van der Waals surface area contributed by atoms with Crippen LogP contribution in [-0.4, -0.2) is 18.8 Å². The van der Waals surface area contributed by atoms with Crippen LogP contribution in [0.3, 0.4) is 0 Å². The van der Waals surface area contributed by atoms with Crippen LogP contribution in [0.1, 0.15) is 12.8 Å². The minimum atomic E-state index is -0.311. The van der Waals surface area contributed by atoms with Gasteiger partial charge in [0.25, 0.3) is 0 Å². The highest BCUT2D eigenvalue weighted by Gasteiger charge is 2.03. The first-order valence-electron chi connectivity index (χ1n) is 6.99. The number of halogens is 1. The summed E-state index contributed by atoms with van der Waals surface area (Å²) in [7, 11) is 1.64. The second-order valence-electron chi connectivity index (χ2n) is 4.68. The largest absolute Gasteiger partial charge is 0.497 e. The molecule has 1 N–H and O–H groups in total. The number of benzene rings is 2. The quantitative estimate of drug-likeness (QED) is 0.609. The Hall–Kier alpha value is -2.01. The number of rotatable bonds is 7. The van der Waals surface area contributed by atoms with E-state index >= 15 is 0 Å². The summed E-state index contributed by atoms with van der Waals surface area (Å²) >= 11 is 1.70. The summed E-state index contributed by atoms with van der Waals surface area (Å²) in [6.07, 6.45) is 1.23. The Morgan fingerprint density at radius 1 is 1.14 bits per heavy atom. The molecule has 0 aromatic heterocycles. The van der Waals surface area contributed by atoms with Gasteiger partial charge in [-0.25, -0.2) is 4.39 Å². The summed E-state index contributed by atoms with van der Waals surface area (Å²) in [6, 6.07) is 13.6. The predicted molar refractivity (Wildman–Crippen MR) is 88.0 cm³/mol. The van der Waals surface area contributed by atoms with E-state index < -0.39 is 0 Å². The van der Waals surface area contributed by atoms with Crippen molar-refractivity contribution in [3.63, 3.8) is 0 Å². The molecule has 3 nitrogen and oxygen atoms in total. The molecule has 0 aliphatic heterocycles. The number of methoxy groups -OCH3 is 1. The standard InChI is InChI=1S/C17H18FNO2S/c1-21-15-8-10-16(11-9-15)22-12-2-3-17(20)19-14-6-4-13(18)5-7-14/h4-11H,2-3,12H2,1H3,(H,19,20). The third-order valence-corrected chi connectivity index (χ3v) is 4.10. The van der Waals surface area contributed by atoms with Gasteiger partial charge in [-0.2, -0.15) is 0 Å². The summed E-state index contributed by atoms with van der Waals surface area (Å²) in [6.45, 7) is 0. The molecule has 22 heavy (non-hydrogen) atoms. The zero-order chi connectivity index (χ0) is 15.8. The predicted octanol–water partition coefficient (Wildman–Crippen LogP) is 4.35. The molecule has 0 saturated carbocycles. The van der Waals surface area contributed by atoms with Crippen LogP contribution in [0.4, 0.5) is 10.1 Å². The normalized spacial score (nSPS) is 10.3. The lowest BCUT2D eigenvalue weighted by atomic mass is 10.3. The molecule has 5 heteroatoms. The fourth-order valence-electron chi connectivity index (χ4n) is 1.85. The zero-order valence-corrected chi connectivity index (χ0v) is 13.2. The van der Waals surface area contributed by atoms with Crippen molar-refractivity contribution in [3.8, 4) is 5.75 Å². The topological polar surface area (TPSA) is 38.3 Å². The fraction of sp³-hybridized carbons (Fsp3) is 0.235. The third-order valence-electron chi connectivity index (χ3n) is 3.00. The Labute approximate surface area is 133 Å². The number of ether oxygens (including phenoxy) is 1. The maximum absolute atomic E-state index is 12.8. The number of carbonyl (C=O) groups is 1. The molecule has 2 rings (SSSR count). The molecule has 0 fully saturated rings. The van der Waals surface area contributed by atoms with E-state index in [-0.39, 0.29) is 11.7 Å². The van der Waals surface area contributed by atoms with Crippen LogP contribution in [0.15, 0.2) is 53.4 Å². The van der Waals surface area contributed by atoms with E-state index in [1.54, 1.807) is 31.0 Å². The first kappa shape index (κ1) is 16.4. The molecule has 0 radical (unpaired) electrons. The highest BCUT2D eigenvalue weighted by atomic mass is 32.2. The lowest BCUT2D eigenvalue weighted by molar-refractivity contribution is -0.116. The molecule has 0 heterocycles. The molecule has 0 aliphatic rings. The Morgan fingerprint density at radius 2 is 1.82 bits per heavy atom. The molecule has 2 aromatic rings. The first-order chi connectivity index (χ1) is 10.7. The van der Waals surface area contributed by atoms with Gasteiger partial charge in [-0.05, 0) is 60.7 Å². The van der Waals surface area contributed by atoms with Crippen molar-refractivity contribution in [3.05, 3.63) is 54.3 Å². The lowest BCUT2D eigenvalue weighted by Crippen LogP contribution is -2.11. The Morgan fingerprint density at radius 3 is 2.45 bits per heavy atom. The van der Waals surface area contributed by atoms with E-state index in [2.05, 4.69) is 5.32 Å². The minimum Gasteiger partial charge on any atom is -0.497 e. The second-order valence-corrected chi connectivity index (χ2v) is 5.85. The number of anilines is 1. The highest BCUT2D eigenvalue weighted by Crippen LogP contribution is 2.22. The van der Waals surface area contributed by atoms with Crippen molar-refractivity contribution in [1.29, 1.82) is 0 Å². The monoisotopic (exact) mass is 319 g/mol. The zero-order valence-electron chi connectivity index (χ0n) is 12.3. The summed E-state index contributed by atoms with van der Waals surface area (Å²) < 4.78 is 17.9. The summed E-state index contributed by atoms with van der Waals surface area (Å²) in [5.41, 5.74) is 0.620. The van der Waals surface area contributed by atoms with Gasteiger partial charge in [0.2, 0.25) is 5.91 Å². The number of amides is 1. The Bertz CT molecular complexity index is 599. The smallest absolute Gasteiger partial charge is 0.224 e. The molecule has 0 unspecified atom stereocenters. The third kappa shape index (κ3) is 5.41. The van der Waals surface area contributed by atoms with Crippen molar-refractivity contribution in [1.82, 2.24) is 0 Å². The molecule has 1 amide bonds. The van der Waals surface area contributed by atoms with E-state index in [1.165, 1.54) is 12.1 Å². The van der Waals surface area contributed by atoms with Crippen LogP contribution in [0.2, 0.25) is 0 Å². The number of hydrogen-bond acceptors (Lipinski definition) is 3. The molecular formula is C17H18FNO2S. The van der Waals surface area contributed by atoms with E-state index in [0.717, 1.165) is 22.8 Å². The van der Waals surface area contributed by atoms with Crippen LogP contribution in [0.25, 0.3) is 0 Å². The van der Waals surface area contributed by atoms with Crippen molar-refractivity contribution in [2.75, 3.05) is 18.2 Å². The van der Waals surface area contributed by atoms with Crippen LogP contribution in [0, 0.1) is 5.82 Å². The number of carbonyl (C=O) groups excluding carboxylic acids is 1. The molecule has 2 aromatic carbocycles. The van der Waals surface area contributed by atoms with Crippen molar-refractivity contribution in [2.24, 2.45) is 0 Å². The molecule has 0 saturated heterocycles. The van der Waals surface area contributed by atoms with Gasteiger partial charge in [0.1, 0.15) is 11.6 Å². The summed E-state index contributed by atoms with van der Waals surface area (Å²) in [4.78, 5) is 12.9. The van der Waals surface area contributed by atoms with E-state index in [9.17, 15) is 9.18 Å². The Kier molecular flexibility index (Phi) is 6.27. The van der Waals surface area contributed by atoms with Crippen LogP contribution in [0.5, 0.6) is 5.75 Å². The molecule has 116 valence electrons. The van der Waals surface area contributed by atoms with Gasteiger partial charge in [0, 0.05) is 17.0 Å². The van der Waals surface area contributed by atoms with Crippen molar-refractivity contribution >= 4 is 23.4 Å². The van der Waals surface area contributed by atoms with Gasteiger partial charge in [-0.1, -0.05) is 0 Å². The number of nitrogens with one attached hydrogen (secondary N) is 1. The SMILES string of the molecule is COc1ccc(SCCCC(=O)Nc2ccc(F)cc2)cc1. The Balaban J connectivity index is 1.67. The van der Waals surface area contributed by atoms with Gasteiger partial charge in [-0.15, -0.1) is 11.8 Å². The van der Waals surface area contributed by atoms with Crippen molar-refractivity contribution < 1.29 is 13.9 Å². The second kappa shape index (κ2) is 8.44. The van der Waals surface area contributed by atoms with Gasteiger partial charge in [0.15, 0.2) is 0 Å². The van der Waals surface area contributed by atoms with Gasteiger partial charge >= 0.3 is 0 Å². The van der Waals surface area contributed by atoms with E-state index in [1.807, 2.05) is 24.3 Å². The fourth-order valence-corrected chi connectivity index (χ4v) is 2.70. The van der Waals surface area contributed by atoms with E-state index in [0.29, 0.717) is 12.1 Å². The van der Waals surface area contributed by atoms with Crippen molar-refractivity contribution in [2.45, 2.75) is 17.7 Å². The van der Waals surface area contributed by atoms with E-state index in [4.69, 9.17) is 4.74 Å². The average molecular weight is 319 g/mol. The highest BCUT2D eigenvalue weighted by molar-refractivity contribution is 7.99. The average Bonchev–Trinajstić information content (AvgIpc) is 2.54. The molecular weight excluding hydrogens is 301 g/mol. The molecule has 0 bridgehead atoms. The van der Waals surface area contributed by atoms with Gasteiger partial charge in [-0.3, -0.25) is 4.79 Å². The van der Waals surface area contributed by atoms with Gasteiger partial charge < -0.3 is 10.1 Å². The summed E-state index contributed by atoms with van der Waals surface area (Å²) in [5.74, 6) is 1.34.